The third kappa shape index (κ3) is 3.23. The lowest BCUT2D eigenvalue weighted by Crippen LogP contribution is -2.14. The van der Waals surface area contributed by atoms with E-state index in [2.05, 4.69) is 31.3 Å². The highest BCUT2D eigenvalue weighted by atomic mass is 79.9. The second kappa shape index (κ2) is 6.97. The number of pyridine rings is 1. The summed E-state index contributed by atoms with van der Waals surface area (Å²) in [6.07, 6.45) is 3.98. The minimum atomic E-state index is -0.176. The number of halogens is 1. The molecule has 0 radical (unpaired) electrons. The maximum atomic E-state index is 12.6. The zero-order valence-electron chi connectivity index (χ0n) is 13.5. The Morgan fingerprint density at radius 2 is 2.12 bits per heavy atom. The second-order valence-corrected chi connectivity index (χ2v) is 6.23. The van der Waals surface area contributed by atoms with Crippen molar-refractivity contribution in [1.29, 1.82) is 0 Å². The normalized spacial score (nSPS) is 10.6. The summed E-state index contributed by atoms with van der Waals surface area (Å²) >= 11 is 3.48. The molecule has 2 heterocycles. The fourth-order valence-electron chi connectivity index (χ4n) is 2.45. The molecule has 5 nitrogen and oxygen atoms in total. The van der Waals surface area contributed by atoms with E-state index < -0.39 is 0 Å². The molecule has 3 rings (SSSR count). The van der Waals surface area contributed by atoms with Gasteiger partial charge >= 0.3 is 0 Å². The van der Waals surface area contributed by atoms with Gasteiger partial charge in [0.25, 0.3) is 5.91 Å². The minimum absolute atomic E-state index is 0.176. The number of nitrogens with zero attached hydrogens (tertiary/aromatic N) is 3. The number of aromatic nitrogens is 3. The highest BCUT2D eigenvalue weighted by molar-refractivity contribution is 9.10. The van der Waals surface area contributed by atoms with Gasteiger partial charge in [0.15, 0.2) is 5.82 Å². The summed E-state index contributed by atoms with van der Waals surface area (Å²) in [5.41, 5.74) is 3.24. The van der Waals surface area contributed by atoms with Crippen molar-refractivity contribution in [1.82, 2.24) is 14.8 Å². The number of rotatable bonds is 4. The van der Waals surface area contributed by atoms with Crippen LogP contribution in [0.1, 0.15) is 28.5 Å². The van der Waals surface area contributed by atoms with E-state index in [1.54, 1.807) is 17.1 Å². The van der Waals surface area contributed by atoms with E-state index in [4.69, 9.17) is 0 Å². The molecule has 0 atom stereocenters. The van der Waals surface area contributed by atoms with E-state index in [0.717, 1.165) is 21.4 Å². The van der Waals surface area contributed by atoms with Crippen LogP contribution in [-0.4, -0.2) is 20.7 Å². The lowest BCUT2D eigenvalue weighted by atomic mass is 10.1. The number of benzene rings is 1. The summed E-state index contributed by atoms with van der Waals surface area (Å²) in [6, 6.07) is 11.3. The van der Waals surface area contributed by atoms with Crippen molar-refractivity contribution in [2.24, 2.45) is 0 Å². The van der Waals surface area contributed by atoms with Crippen molar-refractivity contribution in [3.63, 3.8) is 0 Å². The number of carbonyl (C=O) groups is 1. The van der Waals surface area contributed by atoms with Gasteiger partial charge in [-0.1, -0.05) is 35.0 Å². The topological polar surface area (TPSA) is 59.8 Å². The van der Waals surface area contributed by atoms with Crippen molar-refractivity contribution in [2.75, 3.05) is 5.32 Å². The van der Waals surface area contributed by atoms with Crippen molar-refractivity contribution in [3.8, 4) is 5.82 Å². The molecule has 24 heavy (non-hydrogen) atoms. The average molecular weight is 385 g/mol. The molecule has 0 saturated heterocycles. The van der Waals surface area contributed by atoms with E-state index in [-0.39, 0.29) is 5.91 Å². The van der Waals surface area contributed by atoms with Gasteiger partial charge in [0, 0.05) is 16.4 Å². The Hall–Kier alpha value is -2.47. The largest absolute Gasteiger partial charge is 0.322 e. The highest BCUT2D eigenvalue weighted by Gasteiger charge is 2.18. The number of carbonyl (C=O) groups excluding carboxylic acids is 1. The van der Waals surface area contributed by atoms with Crippen molar-refractivity contribution < 1.29 is 4.79 Å². The van der Waals surface area contributed by atoms with Crippen LogP contribution in [0.3, 0.4) is 0 Å². The highest BCUT2D eigenvalue weighted by Crippen LogP contribution is 2.22. The second-order valence-electron chi connectivity index (χ2n) is 5.38. The Morgan fingerprint density at radius 3 is 2.79 bits per heavy atom. The van der Waals surface area contributed by atoms with E-state index in [1.807, 2.05) is 50.2 Å². The zero-order valence-corrected chi connectivity index (χ0v) is 15.0. The molecule has 122 valence electrons. The number of hydrogen-bond donors (Lipinski definition) is 1. The molecule has 0 fully saturated rings. The maximum absolute atomic E-state index is 12.6. The average Bonchev–Trinajstić information content (AvgIpc) is 3.03. The quantitative estimate of drug-likeness (QED) is 0.734. The van der Waals surface area contributed by atoms with Crippen molar-refractivity contribution in [3.05, 3.63) is 70.1 Å². The van der Waals surface area contributed by atoms with Crippen LogP contribution in [0, 0.1) is 6.92 Å². The Balaban J connectivity index is 1.90. The molecule has 0 saturated carbocycles. The number of nitrogens with one attached hydrogen (secondary N) is 1. The molecule has 0 aliphatic rings. The predicted octanol–water partition coefficient (Wildman–Crippen LogP) is 4.15. The Labute approximate surface area is 148 Å². The standard InChI is InChI=1S/C18H17BrN4O/c1-3-16-14(11-21-23(16)17-6-4-5-9-20-17)18(24)22-13-8-7-12(2)15(19)10-13/h4-11H,3H2,1-2H3,(H,22,24). The summed E-state index contributed by atoms with van der Waals surface area (Å²) in [6.45, 7) is 4.00. The first-order valence-electron chi connectivity index (χ1n) is 7.66. The van der Waals surface area contributed by atoms with Gasteiger partial charge in [0.1, 0.15) is 0 Å². The van der Waals surface area contributed by atoms with Gasteiger partial charge in [-0.25, -0.2) is 9.67 Å². The molecule has 3 aromatic rings. The Bertz CT molecular complexity index is 874. The summed E-state index contributed by atoms with van der Waals surface area (Å²) < 4.78 is 2.67. The first-order chi connectivity index (χ1) is 11.6. The molecular weight excluding hydrogens is 368 g/mol. The van der Waals surface area contributed by atoms with Crippen LogP contribution in [-0.2, 0) is 6.42 Å². The number of hydrogen-bond acceptors (Lipinski definition) is 3. The summed E-state index contributed by atoms with van der Waals surface area (Å²) in [4.78, 5) is 16.9. The third-order valence-corrected chi connectivity index (χ3v) is 4.60. The number of anilines is 1. The van der Waals surface area contributed by atoms with Crippen LogP contribution >= 0.6 is 15.9 Å². The summed E-state index contributed by atoms with van der Waals surface area (Å²) in [7, 11) is 0. The summed E-state index contributed by atoms with van der Waals surface area (Å²) in [5.74, 6) is 0.524. The van der Waals surface area contributed by atoms with Gasteiger partial charge < -0.3 is 5.32 Å². The molecule has 6 heteroatoms. The lowest BCUT2D eigenvalue weighted by molar-refractivity contribution is 0.102. The van der Waals surface area contributed by atoms with Crippen LogP contribution in [0.2, 0.25) is 0 Å². The Kier molecular flexibility index (Phi) is 4.76. The molecule has 1 N–H and O–H groups in total. The van der Waals surface area contributed by atoms with Crippen molar-refractivity contribution in [2.45, 2.75) is 20.3 Å². The first-order valence-corrected chi connectivity index (χ1v) is 8.45. The first kappa shape index (κ1) is 16.4. The van der Waals surface area contributed by atoms with Gasteiger partial charge in [0.2, 0.25) is 0 Å². The van der Waals surface area contributed by atoms with Gasteiger partial charge in [-0.05, 0) is 43.2 Å². The molecule has 0 unspecified atom stereocenters. The van der Waals surface area contributed by atoms with E-state index in [0.29, 0.717) is 17.8 Å². The van der Waals surface area contributed by atoms with Crippen molar-refractivity contribution >= 4 is 27.5 Å². The fraction of sp³-hybridized carbons (Fsp3) is 0.167. The van der Waals surface area contributed by atoms with Gasteiger partial charge in [-0.2, -0.15) is 5.10 Å². The van der Waals surface area contributed by atoms with E-state index >= 15 is 0 Å². The van der Waals surface area contributed by atoms with Crippen LogP contribution < -0.4 is 5.32 Å². The number of aryl methyl sites for hydroxylation is 1. The molecule has 0 spiro atoms. The zero-order chi connectivity index (χ0) is 17.1. The van der Waals surface area contributed by atoms with Gasteiger partial charge in [-0.3, -0.25) is 4.79 Å². The van der Waals surface area contributed by atoms with E-state index in [1.165, 1.54) is 0 Å². The molecule has 0 aliphatic heterocycles. The maximum Gasteiger partial charge on any atom is 0.259 e. The fourth-order valence-corrected chi connectivity index (χ4v) is 2.83. The van der Waals surface area contributed by atoms with E-state index in [9.17, 15) is 4.79 Å². The minimum Gasteiger partial charge on any atom is -0.322 e. The molecule has 2 aromatic heterocycles. The molecule has 1 aromatic carbocycles. The molecule has 0 aliphatic carbocycles. The molecule has 1 amide bonds. The van der Waals surface area contributed by atoms with Crippen LogP contribution in [0.5, 0.6) is 0 Å². The smallest absolute Gasteiger partial charge is 0.259 e. The molecule has 0 bridgehead atoms. The third-order valence-electron chi connectivity index (χ3n) is 3.74. The SMILES string of the molecule is CCc1c(C(=O)Nc2ccc(C)c(Br)c2)cnn1-c1ccccn1. The monoisotopic (exact) mass is 384 g/mol. The number of amides is 1. The summed E-state index contributed by atoms with van der Waals surface area (Å²) in [5, 5.41) is 7.26. The lowest BCUT2D eigenvalue weighted by Gasteiger charge is -2.09. The Morgan fingerprint density at radius 1 is 1.29 bits per heavy atom. The molecular formula is C18H17BrN4O. The van der Waals surface area contributed by atoms with Crippen LogP contribution in [0.25, 0.3) is 5.82 Å². The van der Waals surface area contributed by atoms with Crippen LogP contribution in [0.15, 0.2) is 53.3 Å². The van der Waals surface area contributed by atoms with Gasteiger partial charge in [0.05, 0.1) is 17.5 Å². The van der Waals surface area contributed by atoms with Crippen LogP contribution in [0.4, 0.5) is 5.69 Å². The van der Waals surface area contributed by atoms with Gasteiger partial charge in [-0.15, -0.1) is 0 Å². The predicted molar refractivity (Wildman–Crippen MR) is 97.6 cm³/mol.